The first-order valence-electron chi connectivity index (χ1n) is 6.16. The standard InChI is InChI=1S/C11H23N3O3S/c1-11(2,3)18(16,17)14(8-10(12)15)9-5-4-6-13-7-9/h9,13H,4-8H2,1-3H3,(H2,12,15). The van der Waals surface area contributed by atoms with Gasteiger partial charge in [0.25, 0.3) is 0 Å². The van der Waals surface area contributed by atoms with E-state index in [2.05, 4.69) is 5.32 Å². The minimum absolute atomic E-state index is 0.185. The summed E-state index contributed by atoms with van der Waals surface area (Å²) in [7, 11) is -3.54. The summed E-state index contributed by atoms with van der Waals surface area (Å²) >= 11 is 0. The molecule has 1 heterocycles. The van der Waals surface area contributed by atoms with Gasteiger partial charge in [-0.05, 0) is 40.2 Å². The van der Waals surface area contributed by atoms with Crippen molar-refractivity contribution in [3.05, 3.63) is 0 Å². The lowest BCUT2D eigenvalue weighted by molar-refractivity contribution is -0.118. The van der Waals surface area contributed by atoms with Gasteiger partial charge in [-0.1, -0.05) is 0 Å². The Labute approximate surface area is 109 Å². The third kappa shape index (κ3) is 3.43. The summed E-state index contributed by atoms with van der Waals surface area (Å²) in [5.41, 5.74) is 5.17. The summed E-state index contributed by atoms with van der Waals surface area (Å²) in [6, 6.07) is -0.185. The van der Waals surface area contributed by atoms with Crippen molar-refractivity contribution in [2.75, 3.05) is 19.6 Å². The highest BCUT2D eigenvalue weighted by atomic mass is 32.2. The van der Waals surface area contributed by atoms with E-state index in [4.69, 9.17) is 5.73 Å². The molecule has 1 rings (SSSR count). The van der Waals surface area contributed by atoms with Gasteiger partial charge in [0.05, 0.1) is 11.3 Å². The molecule has 1 aliphatic heterocycles. The topological polar surface area (TPSA) is 92.5 Å². The molecule has 7 heteroatoms. The van der Waals surface area contributed by atoms with Crippen molar-refractivity contribution in [1.82, 2.24) is 9.62 Å². The molecule has 3 N–H and O–H groups in total. The number of sulfonamides is 1. The fourth-order valence-electron chi connectivity index (χ4n) is 1.99. The van der Waals surface area contributed by atoms with Crippen LogP contribution in [0.3, 0.4) is 0 Å². The molecule has 1 atom stereocenters. The minimum Gasteiger partial charge on any atom is -0.369 e. The van der Waals surface area contributed by atoms with E-state index in [1.165, 1.54) is 4.31 Å². The number of hydrogen-bond donors (Lipinski definition) is 2. The Hall–Kier alpha value is -0.660. The molecule has 6 nitrogen and oxygen atoms in total. The van der Waals surface area contributed by atoms with Crippen LogP contribution in [-0.2, 0) is 14.8 Å². The highest BCUT2D eigenvalue weighted by Gasteiger charge is 2.40. The first-order valence-corrected chi connectivity index (χ1v) is 7.60. The Kier molecular flexibility index (Phi) is 4.74. The van der Waals surface area contributed by atoms with Gasteiger partial charge in [0.15, 0.2) is 0 Å². The third-order valence-corrected chi connectivity index (χ3v) is 5.66. The smallest absolute Gasteiger partial charge is 0.232 e. The predicted octanol–water partition coefficient (Wildman–Crippen LogP) is -0.346. The van der Waals surface area contributed by atoms with Gasteiger partial charge in [0, 0.05) is 12.6 Å². The SMILES string of the molecule is CC(C)(C)S(=O)(=O)N(CC(N)=O)C1CCCNC1. The van der Waals surface area contributed by atoms with Crippen LogP contribution in [0.4, 0.5) is 0 Å². The lowest BCUT2D eigenvalue weighted by Gasteiger charge is -2.37. The van der Waals surface area contributed by atoms with E-state index in [0.29, 0.717) is 6.54 Å². The zero-order chi connectivity index (χ0) is 14.0. The normalized spacial score (nSPS) is 22.1. The number of carbonyl (C=O) groups excluding carboxylic acids is 1. The highest BCUT2D eigenvalue weighted by Crippen LogP contribution is 2.24. The van der Waals surface area contributed by atoms with Crippen molar-refractivity contribution < 1.29 is 13.2 Å². The van der Waals surface area contributed by atoms with Gasteiger partial charge in [-0.15, -0.1) is 0 Å². The van der Waals surface area contributed by atoms with Crippen molar-refractivity contribution in [3.63, 3.8) is 0 Å². The monoisotopic (exact) mass is 277 g/mol. The summed E-state index contributed by atoms with van der Waals surface area (Å²) in [6.07, 6.45) is 1.66. The van der Waals surface area contributed by atoms with Crippen molar-refractivity contribution >= 4 is 15.9 Å². The Morgan fingerprint density at radius 2 is 2.06 bits per heavy atom. The molecule has 0 spiro atoms. The van der Waals surface area contributed by atoms with Crippen molar-refractivity contribution in [3.8, 4) is 0 Å². The molecule has 1 unspecified atom stereocenters. The molecule has 0 aliphatic carbocycles. The fraction of sp³-hybridized carbons (Fsp3) is 0.909. The average Bonchev–Trinajstić information content (AvgIpc) is 2.25. The number of nitrogens with one attached hydrogen (secondary N) is 1. The van der Waals surface area contributed by atoms with Gasteiger partial charge in [0.2, 0.25) is 15.9 Å². The Morgan fingerprint density at radius 1 is 1.44 bits per heavy atom. The second-order valence-electron chi connectivity index (χ2n) is 5.63. The van der Waals surface area contributed by atoms with Crippen LogP contribution in [0.2, 0.25) is 0 Å². The number of piperidine rings is 1. The van der Waals surface area contributed by atoms with E-state index >= 15 is 0 Å². The second kappa shape index (κ2) is 5.54. The maximum absolute atomic E-state index is 12.5. The summed E-state index contributed by atoms with van der Waals surface area (Å²) in [6.45, 7) is 6.11. The van der Waals surface area contributed by atoms with Crippen molar-refractivity contribution in [2.45, 2.75) is 44.4 Å². The third-order valence-electron chi connectivity index (χ3n) is 3.07. The van der Waals surface area contributed by atoms with Crippen molar-refractivity contribution in [2.24, 2.45) is 5.73 Å². The second-order valence-corrected chi connectivity index (χ2v) is 8.27. The van der Waals surface area contributed by atoms with Crippen LogP contribution in [0.15, 0.2) is 0 Å². The number of hydrogen-bond acceptors (Lipinski definition) is 4. The zero-order valence-corrected chi connectivity index (χ0v) is 12.1. The Bertz CT molecular complexity index is 394. The van der Waals surface area contributed by atoms with Crippen LogP contribution >= 0.6 is 0 Å². The van der Waals surface area contributed by atoms with E-state index in [-0.39, 0.29) is 12.6 Å². The van der Waals surface area contributed by atoms with Crippen LogP contribution < -0.4 is 11.1 Å². The molecule has 0 saturated carbocycles. The molecule has 1 aliphatic rings. The average molecular weight is 277 g/mol. The maximum atomic E-state index is 12.5. The molecule has 1 saturated heterocycles. The quantitative estimate of drug-likeness (QED) is 0.735. The molecule has 0 aromatic rings. The van der Waals surface area contributed by atoms with Crippen LogP contribution in [0.25, 0.3) is 0 Å². The van der Waals surface area contributed by atoms with Crippen molar-refractivity contribution in [1.29, 1.82) is 0 Å². The Morgan fingerprint density at radius 3 is 2.44 bits per heavy atom. The van der Waals surface area contributed by atoms with E-state index in [1.54, 1.807) is 20.8 Å². The number of amides is 1. The number of nitrogens with two attached hydrogens (primary N) is 1. The van der Waals surface area contributed by atoms with Crippen LogP contribution in [0.5, 0.6) is 0 Å². The van der Waals surface area contributed by atoms with E-state index in [1.807, 2.05) is 0 Å². The molecule has 18 heavy (non-hydrogen) atoms. The number of carbonyl (C=O) groups is 1. The van der Waals surface area contributed by atoms with Gasteiger partial charge in [-0.2, -0.15) is 4.31 Å². The molecule has 0 radical (unpaired) electrons. The predicted molar refractivity (Wildman–Crippen MR) is 70.5 cm³/mol. The first kappa shape index (κ1) is 15.4. The number of primary amides is 1. The van der Waals surface area contributed by atoms with E-state index in [9.17, 15) is 13.2 Å². The molecule has 0 bridgehead atoms. The van der Waals surface area contributed by atoms with Crippen LogP contribution in [0, 0.1) is 0 Å². The van der Waals surface area contributed by atoms with Gasteiger partial charge in [-0.3, -0.25) is 4.79 Å². The zero-order valence-electron chi connectivity index (χ0n) is 11.3. The van der Waals surface area contributed by atoms with Gasteiger partial charge < -0.3 is 11.1 Å². The molecule has 106 valence electrons. The van der Waals surface area contributed by atoms with Gasteiger partial charge >= 0.3 is 0 Å². The van der Waals surface area contributed by atoms with Crippen LogP contribution in [-0.4, -0.2) is 49.1 Å². The van der Waals surface area contributed by atoms with E-state index in [0.717, 1.165) is 19.4 Å². The highest BCUT2D eigenvalue weighted by molar-refractivity contribution is 7.90. The molecular weight excluding hydrogens is 254 g/mol. The molecular formula is C11H23N3O3S. The summed E-state index contributed by atoms with van der Waals surface area (Å²) < 4.78 is 25.3. The lowest BCUT2D eigenvalue weighted by Crippen LogP contribution is -2.55. The Balaban J connectivity index is 3.01. The lowest BCUT2D eigenvalue weighted by atomic mass is 10.1. The van der Waals surface area contributed by atoms with E-state index < -0.39 is 20.7 Å². The summed E-state index contributed by atoms with van der Waals surface area (Å²) in [5, 5.41) is 3.15. The fourth-order valence-corrected chi connectivity index (χ4v) is 3.57. The first-order chi connectivity index (χ1) is 8.16. The molecule has 1 fully saturated rings. The number of nitrogens with zero attached hydrogens (tertiary/aromatic N) is 1. The van der Waals surface area contributed by atoms with Gasteiger partial charge in [0.1, 0.15) is 0 Å². The molecule has 0 aromatic heterocycles. The number of rotatable bonds is 4. The van der Waals surface area contributed by atoms with Crippen LogP contribution in [0.1, 0.15) is 33.6 Å². The van der Waals surface area contributed by atoms with Gasteiger partial charge in [-0.25, -0.2) is 8.42 Å². The summed E-state index contributed by atoms with van der Waals surface area (Å²) in [5.74, 6) is -0.617. The summed E-state index contributed by atoms with van der Waals surface area (Å²) in [4.78, 5) is 11.1. The minimum atomic E-state index is -3.54. The maximum Gasteiger partial charge on any atom is 0.232 e. The molecule has 1 amide bonds. The largest absolute Gasteiger partial charge is 0.369 e. The molecule has 0 aromatic carbocycles.